The molecule has 0 aliphatic rings. The highest BCUT2D eigenvalue weighted by molar-refractivity contribution is 5.66. The first-order valence-corrected chi connectivity index (χ1v) is 5.83. The number of benzene rings is 1. The van der Waals surface area contributed by atoms with Gasteiger partial charge in [0, 0.05) is 23.5 Å². The van der Waals surface area contributed by atoms with Crippen molar-refractivity contribution < 1.29 is 0 Å². The van der Waals surface area contributed by atoms with Crippen molar-refractivity contribution in [2.45, 2.75) is 25.8 Å². The van der Waals surface area contributed by atoms with Crippen LogP contribution in [0.4, 0.5) is 0 Å². The van der Waals surface area contributed by atoms with Gasteiger partial charge in [-0.15, -0.1) is 0 Å². The number of pyridine rings is 1. The Morgan fingerprint density at radius 1 is 1.12 bits per heavy atom. The second-order valence-corrected chi connectivity index (χ2v) is 5.06. The summed E-state index contributed by atoms with van der Waals surface area (Å²) in [4.78, 5) is 4.21. The first-order valence-electron chi connectivity index (χ1n) is 5.83. The Kier molecular flexibility index (Phi) is 3.25. The molecular formula is C15H18N2. The fraction of sp³-hybridized carbons (Fsp3) is 0.267. The lowest BCUT2D eigenvalue weighted by Crippen LogP contribution is -2.34. The van der Waals surface area contributed by atoms with Crippen LogP contribution < -0.4 is 5.73 Å². The van der Waals surface area contributed by atoms with Crippen LogP contribution in [-0.2, 0) is 6.42 Å². The Morgan fingerprint density at radius 3 is 2.47 bits per heavy atom. The molecule has 1 heterocycles. The van der Waals surface area contributed by atoms with Crippen LogP contribution in [0.15, 0.2) is 48.8 Å². The third-order valence-electron chi connectivity index (χ3n) is 2.64. The maximum absolute atomic E-state index is 6.09. The van der Waals surface area contributed by atoms with E-state index < -0.39 is 0 Å². The smallest absolute Gasteiger partial charge is 0.0349 e. The summed E-state index contributed by atoms with van der Waals surface area (Å²) in [6, 6.07) is 12.4. The van der Waals surface area contributed by atoms with E-state index in [1.54, 1.807) is 0 Å². The maximum atomic E-state index is 6.09. The van der Waals surface area contributed by atoms with Crippen molar-refractivity contribution in [2.75, 3.05) is 0 Å². The van der Waals surface area contributed by atoms with Crippen LogP contribution in [0.25, 0.3) is 11.1 Å². The minimum Gasteiger partial charge on any atom is -0.325 e. The van der Waals surface area contributed by atoms with Gasteiger partial charge in [0.2, 0.25) is 0 Å². The number of hydrogen-bond acceptors (Lipinski definition) is 2. The van der Waals surface area contributed by atoms with Gasteiger partial charge in [-0.2, -0.15) is 0 Å². The van der Waals surface area contributed by atoms with E-state index in [-0.39, 0.29) is 5.54 Å². The Morgan fingerprint density at radius 2 is 1.82 bits per heavy atom. The lowest BCUT2D eigenvalue weighted by atomic mass is 9.91. The molecule has 88 valence electrons. The first-order chi connectivity index (χ1) is 8.06. The molecule has 2 rings (SSSR count). The van der Waals surface area contributed by atoms with Crippen LogP contribution in [0.1, 0.15) is 19.4 Å². The molecule has 0 spiro atoms. The first kappa shape index (κ1) is 11.8. The van der Waals surface area contributed by atoms with Crippen LogP contribution >= 0.6 is 0 Å². The predicted molar refractivity (Wildman–Crippen MR) is 71.6 cm³/mol. The van der Waals surface area contributed by atoms with Crippen molar-refractivity contribution in [2.24, 2.45) is 5.73 Å². The average molecular weight is 226 g/mol. The van der Waals surface area contributed by atoms with Gasteiger partial charge in [0.1, 0.15) is 0 Å². The zero-order valence-corrected chi connectivity index (χ0v) is 10.4. The van der Waals surface area contributed by atoms with Crippen molar-refractivity contribution in [3.8, 4) is 11.1 Å². The minimum absolute atomic E-state index is 0.203. The van der Waals surface area contributed by atoms with Gasteiger partial charge in [0.25, 0.3) is 0 Å². The van der Waals surface area contributed by atoms with Crippen LogP contribution in [0, 0.1) is 0 Å². The summed E-state index contributed by atoms with van der Waals surface area (Å²) >= 11 is 0. The summed E-state index contributed by atoms with van der Waals surface area (Å²) in [7, 11) is 0. The maximum Gasteiger partial charge on any atom is 0.0349 e. The second-order valence-electron chi connectivity index (χ2n) is 5.06. The number of hydrogen-bond donors (Lipinski definition) is 1. The monoisotopic (exact) mass is 226 g/mol. The Bertz CT molecular complexity index is 484. The van der Waals surface area contributed by atoms with Gasteiger partial charge in [-0.05, 0) is 37.5 Å². The summed E-state index contributed by atoms with van der Waals surface area (Å²) in [6.45, 7) is 4.09. The van der Waals surface area contributed by atoms with Gasteiger partial charge in [-0.25, -0.2) is 0 Å². The largest absolute Gasteiger partial charge is 0.325 e. The molecule has 2 nitrogen and oxygen atoms in total. The fourth-order valence-corrected chi connectivity index (χ4v) is 1.95. The molecule has 0 radical (unpaired) electrons. The van der Waals surface area contributed by atoms with Crippen molar-refractivity contribution in [1.29, 1.82) is 0 Å². The summed E-state index contributed by atoms with van der Waals surface area (Å²) < 4.78 is 0. The molecule has 0 amide bonds. The zero-order valence-electron chi connectivity index (χ0n) is 10.4. The SMILES string of the molecule is CC(C)(N)Cc1ccncc1-c1ccccc1. The molecule has 1 aromatic heterocycles. The molecule has 0 atom stereocenters. The fourth-order valence-electron chi connectivity index (χ4n) is 1.95. The van der Waals surface area contributed by atoms with Crippen molar-refractivity contribution in [3.63, 3.8) is 0 Å². The van der Waals surface area contributed by atoms with Gasteiger partial charge < -0.3 is 5.73 Å². The van der Waals surface area contributed by atoms with E-state index in [0.717, 1.165) is 6.42 Å². The minimum atomic E-state index is -0.203. The van der Waals surface area contributed by atoms with Gasteiger partial charge >= 0.3 is 0 Å². The predicted octanol–water partition coefficient (Wildman–Crippen LogP) is 3.03. The molecule has 1 aromatic carbocycles. The van der Waals surface area contributed by atoms with Crippen molar-refractivity contribution in [1.82, 2.24) is 4.98 Å². The molecule has 2 heteroatoms. The zero-order chi connectivity index (χ0) is 12.3. The topological polar surface area (TPSA) is 38.9 Å². The average Bonchev–Trinajstić information content (AvgIpc) is 2.29. The van der Waals surface area contributed by atoms with E-state index in [9.17, 15) is 0 Å². The highest BCUT2D eigenvalue weighted by Crippen LogP contribution is 2.24. The molecule has 0 bridgehead atoms. The Labute approximate surface area is 103 Å². The number of aromatic nitrogens is 1. The van der Waals surface area contributed by atoms with Crippen LogP contribution in [-0.4, -0.2) is 10.5 Å². The van der Waals surface area contributed by atoms with Crippen LogP contribution in [0.5, 0.6) is 0 Å². The lowest BCUT2D eigenvalue weighted by Gasteiger charge is -2.20. The standard InChI is InChI=1S/C15H18N2/c1-15(2,16)10-13-8-9-17-11-14(13)12-6-4-3-5-7-12/h3-9,11H,10,16H2,1-2H3. The van der Waals surface area contributed by atoms with E-state index in [4.69, 9.17) is 5.73 Å². The van der Waals surface area contributed by atoms with Gasteiger partial charge in [-0.3, -0.25) is 4.98 Å². The van der Waals surface area contributed by atoms with E-state index in [2.05, 4.69) is 23.2 Å². The molecule has 0 saturated heterocycles. The summed E-state index contributed by atoms with van der Waals surface area (Å²) in [5.41, 5.74) is 9.51. The second kappa shape index (κ2) is 4.68. The molecular weight excluding hydrogens is 208 g/mol. The normalized spacial score (nSPS) is 11.5. The summed E-state index contributed by atoms with van der Waals surface area (Å²) in [5, 5.41) is 0. The van der Waals surface area contributed by atoms with E-state index in [0.29, 0.717) is 0 Å². The van der Waals surface area contributed by atoms with Gasteiger partial charge in [0.15, 0.2) is 0 Å². The molecule has 0 aliphatic carbocycles. The number of nitrogens with zero attached hydrogens (tertiary/aromatic N) is 1. The summed E-state index contributed by atoms with van der Waals surface area (Å²) in [5.74, 6) is 0. The van der Waals surface area contributed by atoms with E-state index >= 15 is 0 Å². The Hall–Kier alpha value is -1.67. The molecule has 0 saturated carbocycles. The third-order valence-corrected chi connectivity index (χ3v) is 2.64. The summed E-state index contributed by atoms with van der Waals surface area (Å²) in [6.07, 6.45) is 4.59. The van der Waals surface area contributed by atoms with Crippen LogP contribution in [0.2, 0.25) is 0 Å². The molecule has 0 unspecified atom stereocenters. The highest BCUT2D eigenvalue weighted by atomic mass is 14.7. The van der Waals surface area contributed by atoms with Crippen molar-refractivity contribution >= 4 is 0 Å². The molecule has 0 aliphatic heterocycles. The van der Waals surface area contributed by atoms with E-state index in [1.807, 2.05) is 44.4 Å². The van der Waals surface area contributed by atoms with Crippen molar-refractivity contribution in [3.05, 3.63) is 54.4 Å². The van der Waals surface area contributed by atoms with Gasteiger partial charge in [0.05, 0.1) is 0 Å². The molecule has 2 N–H and O–H groups in total. The number of nitrogens with two attached hydrogens (primary N) is 1. The Balaban J connectivity index is 2.41. The van der Waals surface area contributed by atoms with E-state index in [1.165, 1.54) is 16.7 Å². The highest BCUT2D eigenvalue weighted by Gasteiger charge is 2.14. The molecule has 2 aromatic rings. The molecule has 0 fully saturated rings. The van der Waals surface area contributed by atoms with Gasteiger partial charge in [-0.1, -0.05) is 30.3 Å². The third kappa shape index (κ3) is 3.14. The molecule has 17 heavy (non-hydrogen) atoms. The van der Waals surface area contributed by atoms with Crippen LogP contribution in [0.3, 0.4) is 0 Å². The lowest BCUT2D eigenvalue weighted by molar-refractivity contribution is 0.517. The quantitative estimate of drug-likeness (QED) is 0.873. The number of rotatable bonds is 3.